The summed E-state index contributed by atoms with van der Waals surface area (Å²) in [6, 6.07) is 15.3. The number of aromatic amines is 1. The Morgan fingerprint density at radius 3 is 2.69 bits per heavy atom. The van der Waals surface area contributed by atoms with Crippen molar-refractivity contribution < 1.29 is 4.79 Å². The van der Waals surface area contributed by atoms with Crippen LogP contribution in [0.2, 0.25) is 5.02 Å². The quantitative estimate of drug-likeness (QED) is 0.490. The molecule has 0 atom stereocenters. The molecule has 2 N–H and O–H groups in total. The third kappa shape index (κ3) is 3.94. The van der Waals surface area contributed by atoms with Crippen LogP contribution in [-0.4, -0.2) is 25.7 Å². The fourth-order valence-electron chi connectivity index (χ4n) is 2.87. The molecule has 0 aliphatic heterocycles. The molecule has 9 heteroatoms. The lowest BCUT2D eigenvalue weighted by Crippen LogP contribution is -2.24. The molecule has 7 nitrogen and oxygen atoms in total. The van der Waals surface area contributed by atoms with Crippen molar-refractivity contribution in [3.8, 4) is 5.82 Å². The SMILES string of the molecule is O=C(NCc1ccc(Cl)cc1)c1ccc2c(=O)n(-c3cccnn3)c(=S)[nH]c2c1. The number of H-pyrrole nitrogens is 1. The molecule has 0 saturated carbocycles. The van der Waals surface area contributed by atoms with E-state index in [2.05, 4.69) is 20.5 Å². The summed E-state index contributed by atoms with van der Waals surface area (Å²) in [5.74, 6) is 0.0599. The molecule has 0 aliphatic carbocycles. The highest BCUT2D eigenvalue weighted by atomic mass is 35.5. The zero-order valence-electron chi connectivity index (χ0n) is 14.9. The molecular weight excluding hydrogens is 410 g/mol. The van der Waals surface area contributed by atoms with Crippen LogP contribution in [0.15, 0.2) is 65.6 Å². The van der Waals surface area contributed by atoms with E-state index in [9.17, 15) is 9.59 Å². The van der Waals surface area contributed by atoms with E-state index in [4.69, 9.17) is 23.8 Å². The van der Waals surface area contributed by atoms with Crippen molar-refractivity contribution >= 4 is 40.6 Å². The number of hydrogen-bond donors (Lipinski definition) is 2. The minimum atomic E-state index is -0.336. The Labute approximate surface area is 175 Å². The Bertz CT molecular complexity index is 1320. The lowest BCUT2D eigenvalue weighted by molar-refractivity contribution is 0.0951. The standard InChI is InChI=1S/C20H14ClN5O2S/c21-14-6-3-12(4-7-14)11-22-18(27)13-5-8-15-16(10-13)24-20(29)26(19(15)28)17-2-1-9-23-25-17/h1-10H,11H2,(H,22,27)(H,24,29). The van der Waals surface area contributed by atoms with Crippen LogP contribution in [0.1, 0.15) is 15.9 Å². The van der Waals surface area contributed by atoms with Crippen molar-refractivity contribution in [1.82, 2.24) is 25.1 Å². The Kier molecular flexibility index (Phi) is 5.20. The number of amides is 1. The molecule has 29 heavy (non-hydrogen) atoms. The highest BCUT2D eigenvalue weighted by Crippen LogP contribution is 2.13. The van der Waals surface area contributed by atoms with Crippen LogP contribution in [0.3, 0.4) is 0 Å². The summed E-state index contributed by atoms with van der Waals surface area (Å²) in [5, 5.41) is 11.6. The first-order valence-corrected chi connectivity index (χ1v) is 9.41. The Morgan fingerprint density at radius 1 is 1.17 bits per heavy atom. The van der Waals surface area contributed by atoms with Crippen LogP contribution in [0.4, 0.5) is 0 Å². The second kappa shape index (κ2) is 7.94. The number of carbonyl (C=O) groups is 1. The zero-order chi connectivity index (χ0) is 20.4. The predicted octanol–water partition coefficient (Wildman–Crippen LogP) is 3.42. The number of aromatic nitrogens is 4. The molecule has 4 rings (SSSR count). The van der Waals surface area contributed by atoms with Crippen molar-refractivity contribution in [3.63, 3.8) is 0 Å². The average molecular weight is 424 g/mol. The highest BCUT2D eigenvalue weighted by Gasteiger charge is 2.12. The molecule has 0 spiro atoms. The van der Waals surface area contributed by atoms with E-state index in [0.717, 1.165) is 5.56 Å². The molecule has 1 amide bonds. The molecule has 0 fully saturated rings. The Morgan fingerprint density at radius 2 is 1.97 bits per heavy atom. The molecule has 0 unspecified atom stereocenters. The fourth-order valence-corrected chi connectivity index (χ4v) is 3.28. The lowest BCUT2D eigenvalue weighted by atomic mass is 10.1. The van der Waals surface area contributed by atoms with Gasteiger partial charge in [0, 0.05) is 23.3 Å². The van der Waals surface area contributed by atoms with Gasteiger partial charge in [0.15, 0.2) is 10.6 Å². The van der Waals surface area contributed by atoms with Gasteiger partial charge in [-0.15, -0.1) is 5.10 Å². The molecule has 2 aromatic heterocycles. The van der Waals surface area contributed by atoms with Crippen molar-refractivity contribution in [3.05, 3.63) is 92.1 Å². The number of fused-ring (bicyclic) bond motifs is 1. The largest absolute Gasteiger partial charge is 0.348 e. The van der Waals surface area contributed by atoms with Gasteiger partial charge in [0.2, 0.25) is 0 Å². The van der Waals surface area contributed by atoms with Crippen LogP contribution < -0.4 is 10.9 Å². The van der Waals surface area contributed by atoms with E-state index >= 15 is 0 Å². The van der Waals surface area contributed by atoms with Crippen molar-refractivity contribution in [2.45, 2.75) is 6.54 Å². The summed E-state index contributed by atoms with van der Waals surface area (Å²) < 4.78 is 1.44. The molecule has 0 bridgehead atoms. The third-order valence-corrected chi connectivity index (χ3v) is 4.85. The van der Waals surface area contributed by atoms with E-state index in [-0.39, 0.29) is 16.2 Å². The summed E-state index contributed by atoms with van der Waals surface area (Å²) in [6.07, 6.45) is 1.51. The smallest absolute Gasteiger partial charge is 0.268 e. The molecule has 2 aromatic carbocycles. The first kappa shape index (κ1) is 19.0. The number of nitrogens with one attached hydrogen (secondary N) is 2. The minimum absolute atomic E-state index is 0.168. The van der Waals surface area contributed by atoms with E-state index in [1.807, 2.05) is 12.1 Å². The maximum absolute atomic E-state index is 12.9. The van der Waals surface area contributed by atoms with Gasteiger partial charge in [-0.25, -0.2) is 4.57 Å². The van der Waals surface area contributed by atoms with Gasteiger partial charge in [-0.05, 0) is 60.2 Å². The van der Waals surface area contributed by atoms with Gasteiger partial charge in [0.05, 0.1) is 10.9 Å². The Balaban J connectivity index is 1.64. The van der Waals surface area contributed by atoms with E-state index in [1.54, 1.807) is 42.5 Å². The highest BCUT2D eigenvalue weighted by molar-refractivity contribution is 7.71. The van der Waals surface area contributed by atoms with Crippen LogP contribution in [0.25, 0.3) is 16.7 Å². The van der Waals surface area contributed by atoms with Gasteiger partial charge in [0.1, 0.15) is 0 Å². The number of rotatable bonds is 4. The number of carbonyl (C=O) groups excluding carboxylic acids is 1. The first-order valence-electron chi connectivity index (χ1n) is 8.63. The molecule has 0 saturated heterocycles. The summed E-state index contributed by atoms with van der Waals surface area (Å²) in [5.41, 5.74) is 1.47. The van der Waals surface area contributed by atoms with Crippen LogP contribution in [0, 0.1) is 4.77 Å². The average Bonchev–Trinajstić information content (AvgIpc) is 2.73. The summed E-state index contributed by atoms with van der Waals surface area (Å²) >= 11 is 11.2. The van der Waals surface area contributed by atoms with Crippen molar-refractivity contribution in [2.75, 3.05) is 0 Å². The van der Waals surface area contributed by atoms with Crippen LogP contribution >= 0.6 is 23.8 Å². The summed E-state index contributed by atoms with van der Waals surface area (Å²) in [4.78, 5) is 28.4. The summed E-state index contributed by atoms with van der Waals surface area (Å²) in [7, 11) is 0. The van der Waals surface area contributed by atoms with Gasteiger partial charge >= 0.3 is 0 Å². The second-order valence-electron chi connectivity index (χ2n) is 6.22. The molecule has 144 valence electrons. The number of nitrogens with zero attached hydrogens (tertiary/aromatic N) is 3. The van der Waals surface area contributed by atoms with Gasteiger partial charge in [-0.1, -0.05) is 23.7 Å². The van der Waals surface area contributed by atoms with Gasteiger partial charge in [0.25, 0.3) is 11.5 Å². The number of benzene rings is 2. The van der Waals surface area contributed by atoms with Crippen molar-refractivity contribution in [2.24, 2.45) is 0 Å². The van der Waals surface area contributed by atoms with E-state index in [0.29, 0.717) is 33.9 Å². The fraction of sp³-hybridized carbons (Fsp3) is 0.0500. The third-order valence-electron chi connectivity index (χ3n) is 4.31. The molecule has 0 radical (unpaired) electrons. The molecule has 0 aliphatic rings. The van der Waals surface area contributed by atoms with Crippen molar-refractivity contribution in [1.29, 1.82) is 0 Å². The lowest BCUT2D eigenvalue weighted by Gasteiger charge is -2.09. The normalized spacial score (nSPS) is 10.8. The van der Waals surface area contributed by atoms with E-state index in [1.165, 1.54) is 10.8 Å². The number of halogens is 1. The second-order valence-corrected chi connectivity index (χ2v) is 7.05. The molecule has 2 heterocycles. The predicted molar refractivity (Wildman–Crippen MR) is 113 cm³/mol. The maximum atomic E-state index is 12.9. The van der Waals surface area contributed by atoms with Crippen LogP contribution in [0.5, 0.6) is 0 Å². The maximum Gasteiger partial charge on any atom is 0.268 e. The monoisotopic (exact) mass is 423 g/mol. The van der Waals surface area contributed by atoms with Crippen LogP contribution in [-0.2, 0) is 6.54 Å². The first-order chi connectivity index (χ1) is 14.0. The van der Waals surface area contributed by atoms with Gasteiger partial charge in [-0.3, -0.25) is 9.59 Å². The minimum Gasteiger partial charge on any atom is -0.348 e. The topological polar surface area (TPSA) is 92.7 Å². The summed E-state index contributed by atoms with van der Waals surface area (Å²) in [6.45, 7) is 0.359. The molecular formula is C20H14ClN5O2S. The van der Waals surface area contributed by atoms with Gasteiger partial charge in [-0.2, -0.15) is 5.10 Å². The number of hydrogen-bond acceptors (Lipinski definition) is 5. The zero-order valence-corrected chi connectivity index (χ0v) is 16.5. The molecule has 4 aromatic rings. The van der Waals surface area contributed by atoms with Gasteiger partial charge < -0.3 is 10.3 Å². The Hall–Kier alpha value is -3.36. The van der Waals surface area contributed by atoms with E-state index < -0.39 is 0 Å².